The average Bonchev–Trinajstić information content (AvgIpc) is 2.31. The Morgan fingerprint density at radius 1 is 1.33 bits per heavy atom. The number of nitro benzene ring substituents is 1. The maximum Gasteiger partial charge on any atom is 0.307 e. The number of sulfonamides is 1. The van der Waals surface area contributed by atoms with Crippen molar-refractivity contribution in [2.24, 2.45) is 0 Å². The van der Waals surface area contributed by atoms with Gasteiger partial charge in [-0.25, -0.2) is 12.8 Å². The summed E-state index contributed by atoms with van der Waals surface area (Å²) >= 11 is 0. The van der Waals surface area contributed by atoms with Gasteiger partial charge >= 0.3 is 11.7 Å². The standard InChI is InChI=1S/C10H10F2N2O6S/c11-6-4-7(12)9(14(17)18)5-8(6)13-21(19,20)3-1-2-10(15)16/h4-5,13H,1-3H2,(H,15,16). The predicted molar refractivity (Wildman–Crippen MR) is 67.3 cm³/mol. The van der Waals surface area contributed by atoms with E-state index in [2.05, 4.69) is 0 Å². The fraction of sp³-hybridized carbons (Fsp3) is 0.300. The first-order valence-electron chi connectivity index (χ1n) is 5.48. The summed E-state index contributed by atoms with van der Waals surface area (Å²) in [7, 11) is -4.11. The number of hydrogen-bond donors (Lipinski definition) is 2. The molecule has 0 radical (unpaired) electrons. The fourth-order valence-corrected chi connectivity index (χ4v) is 2.51. The normalized spacial score (nSPS) is 11.1. The third-order valence-electron chi connectivity index (χ3n) is 2.30. The second-order valence-corrected chi connectivity index (χ2v) is 5.80. The van der Waals surface area contributed by atoms with Gasteiger partial charge in [0, 0.05) is 18.6 Å². The van der Waals surface area contributed by atoms with Crippen LogP contribution in [0.25, 0.3) is 0 Å². The molecule has 8 nitrogen and oxygen atoms in total. The number of halogens is 2. The summed E-state index contributed by atoms with van der Waals surface area (Å²) in [6, 6.07) is 0.604. The van der Waals surface area contributed by atoms with Crippen LogP contribution in [-0.2, 0) is 14.8 Å². The first-order valence-corrected chi connectivity index (χ1v) is 7.13. The molecule has 21 heavy (non-hydrogen) atoms. The number of carbonyl (C=O) groups is 1. The van der Waals surface area contributed by atoms with Crippen molar-refractivity contribution in [2.75, 3.05) is 10.5 Å². The minimum Gasteiger partial charge on any atom is -0.481 e. The van der Waals surface area contributed by atoms with E-state index in [-0.39, 0.29) is 12.5 Å². The number of hydrogen-bond acceptors (Lipinski definition) is 5. The zero-order chi connectivity index (χ0) is 16.2. The molecule has 0 atom stereocenters. The number of nitrogens with one attached hydrogen (secondary N) is 1. The number of rotatable bonds is 7. The van der Waals surface area contributed by atoms with E-state index in [1.165, 1.54) is 0 Å². The van der Waals surface area contributed by atoms with E-state index in [0.29, 0.717) is 6.07 Å². The molecule has 1 aromatic carbocycles. The van der Waals surface area contributed by atoms with Crippen LogP contribution in [0.4, 0.5) is 20.2 Å². The monoisotopic (exact) mass is 324 g/mol. The van der Waals surface area contributed by atoms with E-state index in [9.17, 15) is 32.1 Å². The lowest BCUT2D eigenvalue weighted by Gasteiger charge is -2.08. The lowest BCUT2D eigenvalue weighted by atomic mass is 10.2. The molecule has 0 fully saturated rings. The van der Waals surface area contributed by atoms with Crippen LogP contribution in [0.15, 0.2) is 12.1 Å². The molecule has 0 saturated carbocycles. The first kappa shape index (κ1) is 16.8. The van der Waals surface area contributed by atoms with E-state index in [1.807, 2.05) is 0 Å². The van der Waals surface area contributed by atoms with Crippen LogP contribution in [0.1, 0.15) is 12.8 Å². The van der Waals surface area contributed by atoms with Gasteiger partial charge in [-0.15, -0.1) is 0 Å². The summed E-state index contributed by atoms with van der Waals surface area (Å²) in [5, 5.41) is 18.9. The van der Waals surface area contributed by atoms with Gasteiger partial charge in [0.2, 0.25) is 15.8 Å². The number of anilines is 1. The van der Waals surface area contributed by atoms with Gasteiger partial charge in [0.1, 0.15) is 0 Å². The second kappa shape index (κ2) is 6.43. The maximum atomic E-state index is 13.4. The van der Waals surface area contributed by atoms with Gasteiger partial charge in [-0.2, -0.15) is 4.39 Å². The van der Waals surface area contributed by atoms with Crippen molar-refractivity contribution in [1.82, 2.24) is 0 Å². The van der Waals surface area contributed by atoms with Gasteiger partial charge in [0.25, 0.3) is 0 Å². The molecule has 0 aliphatic heterocycles. The molecule has 116 valence electrons. The summed E-state index contributed by atoms with van der Waals surface area (Å²) in [6.45, 7) is 0. The summed E-state index contributed by atoms with van der Waals surface area (Å²) < 4.78 is 51.3. The van der Waals surface area contributed by atoms with Gasteiger partial charge in [-0.1, -0.05) is 0 Å². The number of benzene rings is 1. The molecule has 11 heteroatoms. The van der Waals surface area contributed by atoms with Gasteiger partial charge in [-0.05, 0) is 6.42 Å². The highest BCUT2D eigenvalue weighted by Crippen LogP contribution is 2.25. The quantitative estimate of drug-likeness (QED) is 0.578. The first-order chi connectivity index (χ1) is 9.62. The smallest absolute Gasteiger partial charge is 0.307 e. The number of nitrogens with zero attached hydrogens (tertiary/aromatic N) is 1. The number of aliphatic carboxylic acids is 1. The molecule has 1 aromatic rings. The molecule has 0 amide bonds. The third-order valence-corrected chi connectivity index (χ3v) is 3.66. The summed E-state index contributed by atoms with van der Waals surface area (Å²) in [6.07, 6.45) is -0.636. The zero-order valence-corrected chi connectivity index (χ0v) is 11.2. The Bertz CT molecular complexity index is 676. The van der Waals surface area contributed by atoms with Crippen LogP contribution in [0.3, 0.4) is 0 Å². The van der Waals surface area contributed by atoms with Crippen molar-refractivity contribution in [3.05, 3.63) is 33.9 Å². The average molecular weight is 324 g/mol. The van der Waals surface area contributed by atoms with Crippen molar-refractivity contribution >= 4 is 27.4 Å². The number of carboxylic acid groups (broad SMARTS) is 1. The summed E-state index contributed by atoms with van der Waals surface area (Å²) in [5.74, 6) is -4.58. The van der Waals surface area contributed by atoms with Crippen LogP contribution in [-0.4, -0.2) is 30.2 Å². The lowest BCUT2D eigenvalue weighted by molar-refractivity contribution is -0.387. The third kappa shape index (κ3) is 4.95. The Hall–Kier alpha value is -2.30. The van der Waals surface area contributed by atoms with Crippen molar-refractivity contribution in [3.63, 3.8) is 0 Å². The number of nitro groups is 1. The van der Waals surface area contributed by atoms with E-state index < -0.39 is 56.1 Å². The topological polar surface area (TPSA) is 127 Å². The van der Waals surface area contributed by atoms with E-state index >= 15 is 0 Å². The Morgan fingerprint density at radius 3 is 2.48 bits per heavy atom. The van der Waals surface area contributed by atoms with Gasteiger partial charge in [0.15, 0.2) is 5.82 Å². The molecule has 2 N–H and O–H groups in total. The lowest BCUT2D eigenvalue weighted by Crippen LogP contribution is -2.18. The van der Waals surface area contributed by atoms with Crippen LogP contribution in [0, 0.1) is 21.7 Å². The van der Waals surface area contributed by atoms with Crippen molar-refractivity contribution in [2.45, 2.75) is 12.8 Å². The van der Waals surface area contributed by atoms with Gasteiger partial charge in [0.05, 0.1) is 16.4 Å². The Morgan fingerprint density at radius 2 is 1.95 bits per heavy atom. The van der Waals surface area contributed by atoms with Crippen molar-refractivity contribution in [1.29, 1.82) is 0 Å². The highest BCUT2D eigenvalue weighted by molar-refractivity contribution is 7.92. The molecule has 0 aliphatic rings. The predicted octanol–water partition coefficient (Wildman–Crippen LogP) is 1.48. The van der Waals surface area contributed by atoms with E-state index in [1.54, 1.807) is 4.72 Å². The summed E-state index contributed by atoms with van der Waals surface area (Å²) in [5.41, 5.74) is -1.86. The molecule has 0 aromatic heterocycles. The summed E-state index contributed by atoms with van der Waals surface area (Å²) in [4.78, 5) is 19.6. The van der Waals surface area contributed by atoms with Crippen molar-refractivity contribution in [3.8, 4) is 0 Å². The SMILES string of the molecule is O=C(O)CCCS(=O)(=O)Nc1cc([N+](=O)[O-])c(F)cc1F. The second-order valence-electron chi connectivity index (χ2n) is 3.96. The molecule has 0 aliphatic carbocycles. The molecular formula is C10H10F2N2O6S. The van der Waals surface area contributed by atoms with Crippen LogP contribution < -0.4 is 4.72 Å². The zero-order valence-electron chi connectivity index (χ0n) is 10.4. The fourth-order valence-electron chi connectivity index (χ4n) is 1.39. The molecule has 1 rings (SSSR count). The van der Waals surface area contributed by atoms with Crippen molar-refractivity contribution < 1.29 is 32.0 Å². The minimum atomic E-state index is -4.11. The minimum absolute atomic E-state index is 0.188. The molecule has 0 unspecified atom stereocenters. The highest BCUT2D eigenvalue weighted by atomic mass is 32.2. The van der Waals surface area contributed by atoms with Crippen LogP contribution in [0.5, 0.6) is 0 Å². The molecule has 0 saturated heterocycles. The Kier molecular flexibility index (Phi) is 5.13. The van der Waals surface area contributed by atoms with E-state index in [0.717, 1.165) is 0 Å². The molecule has 0 spiro atoms. The van der Waals surface area contributed by atoms with Crippen LogP contribution in [0.2, 0.25) is 0 Å². The molecular weight excluding hydrogens is 314 g/mol. The van der Waals surface area contributed by atoms with E-state index in [4.69, 9.17) is 5.11 Å². The highest BCUT2D eigenvalue weighted by Gasteiger charge is 2.21. The van der Waals surface area contributed by atoms with Gasteiger partial charge in [-0.3, -0.25) is 19.6 Å². The Labute approximate surface area is 117 Å². The maximum absolute atomic E-state index is 13.4. The molecule has 0 bridgehead atoms. The van der Waals surface area contributed by atoms with Crippen LogP contribution >= 0.6 is 0 Å². The number of carboxylic acids is 1. The largest absolute Gasteiger partial charge is 0.481 e. The molecule has 0 heterocycles. The van der Waals surface area contributed by atoms with Gasteiger partial charge < -0.3 is 5.11 Å². The Balaban J connectivity index is 2.94.